The molecule has 3 aliphatic rings. The quantitative estimate of drug-likeness (QED) is 0.599. The predicted molar refractivity (Wildman–Crippen MR) is 125 cm³/mol. The Kier molecular flexibility index (Phi) is 4.62. The van der Waals surface area contributed by atoms with Crippen LogP contribution in [0.2, 0.25) is 0 Å². The smallest absolute Gasteiger partial charge is 0.262 e. The summed E-state index contributed by atoms with van der Waals surface area (Å²) in [6.45, 7) is 0.874. The van der Waals surface area contributed by atoms with Gasteiger partial charge in [-0.1, -0.05) is 24.6 Å². The average molecular weight is 441 g/mol. The van der Waals surface area contributed by atoms with Gasteiger partial charge in [-0.05, 0) is 49.2 Å². The van der Waals surface area contributed by atoms with Crippen molar-refractivity contribution in [1.82, 2.24) is 20.2 Å². The number of carbonyl (C=O) groups excluding carboxylic acids is 2. The molecule has 1 fully saturated rings. The molecular formula is C25H24N6O2. The molecule has 2 amide bonds. The number of fused-ring (bicyclic) bond motifs is 3. The summed E-state index contributed by atoms with van der Waals surface area (Å²) in [4.78, 5) is 39.1. The van der Waals surface area contributed by atoms with Crippen LogP contribution in [-0.4, -0.2) is 46.3 Å². The van der Waals surface area contributed by atoms with Gasteiger partial charge in [0.2, 0.25) is 0 Å². The minimum absolute atomic E-state index is 0.00703. The molecule has 0 saturated carbocycles. The Morgan fingerprint density at radius 1 is 1.00 bits per heavy atom. The molecule has 6 rings (SSSR count). The summed E-state index contributed by atoms with van der Waals surface area (Å²) in [5.74, 6) is 0.972. The fourth-order valence-corrected chi connectivity index (χ4v) is 5.21. The summed E-state index contributed by atoms with van der Waals surface area (Å²) >= 11 is 0. The first-order valence-corrected chi connectivity index (χ1v) is 11.3. The predicted octanol–water partition coefficient (Wildman–Crippen LogP) is 3.78. The van der Waals surface area contributed by atoms with Gasteiger partial charge in [-0.3, -0.25) is 14.5 Å². The van der Waals surface area contributed by atoms with E-state index in [2.05, 4.69) is 20.6 Å². The van der Waals surface area contributed by atoms with E-state index >= 15 is 0 Å². The number of piperidine rings is 1. The Morgan fingerprint density at radius 2 is 1.76 bits per heavy atom. The summed E-state index contributed by atoms with van der Waals surface area (Å²) in [5, 5.41) is 6.94. The molecule has 4 heterocycles. The van der Waals surface area contributed by atoms with Crippen molar-refractivity contribution in [3.63, 3.8) is 0 Å². The fourth-order valence-electron chi connectivity index (χ4n) is 5.21. The SMILES string of the molecule is CN1c2ccc(C(C3CCCCN3)N3C(=O)c4ccccc4C3=O)cc2Nc2nccnc21. The zero-order valence-electron chi connectivity index (χ0n) is 18.3. The molecule has 2 unspecified atom stereocenters. The lowest BCUT2D eigenvalue weighted by Crippen LogP contribution is -2.48. The highest BCUT2D eigenvalue weighted by molar-refractivity contribution is 6.21. The lowest BCUT2D eigenvalue weighted by Gasteiger charge is -2.37. The van der Waals surface area contributed by atoms with Crippen LogP contribution in [0.1, 0.15) is 51.6 Å². The minimum atomic E-state index is -0.404. The standard InChI is InChI=1S/C25H24N6O2/c1-30-20-10-9-15(14-19(20)29-22-23(30)28-13-12-27-22)21(18-8-4-5-11-26-18)31-24(32)16-6-2-3-7-17(16)25(31)33/h2-3,6-7,9-10,12-14,18,21,26H,4-5,8,11H2,1H3,(H,27,29). The Bertz CT molecular complexity index is 1230. The van der Waals surface area contributed by atoms with Crippen LogP contribution in [0.5, 0.6) is 0 Å². The molecule has 1 saturated heterocycles. The molecular weight excluding hydrogens is 416 g/mol. The largest absolute Gasteiger partial charge is 0.335 e. The first-order chi connectivity index (χ1) is 16.1. The number of imide groups is 1. The van der Waals surface area contributed by atoms with Gasteiger partial charge in [-0.15, -0.1) is 0 Å². The van der Waals surface area contributed by atoms with E-state index in [4.69, 9.17) is 0 Å². The van der Waals surface area contributed by atoms with E-state index in [0.717, 1.165) is 48.6 Å². The number of hydrogen-bond donors (Lipinski definition) is 2. The number of amides is 2. The monoisotopic (exact) mass is 440 g/mol. The molecule has 2 N–H and O–H groups in total. The second-order valence-corrected chi connectivity index (χ2v) is 8.72. The minimum Gasteiger partial charge on any atom is -0.335 e. The van der Waals surface area contributed by atoms with Crippen LogP contribution in [0.25, 0.3) is 0 Å². The third-order valence-corrected chi connectivity index (χ3v) is 6.81. The molecule has 33 heavy (non-hydrogen) atoms. The zero-order valence-corrected chi connectivity index (χ0v) is 18.3. The lowest BCUT2D eigenvalue weighted by atomic mass is 9.90. The van der Waals surface area contributed by atoms with Crippen LogP contribution >= 0.6 is 0 Å². The summed E-state index contributed by atoms with van der Waals surface area (Å²) in [6, 6.07) is 12.7. The zero-order chi connectivity index (χ0) is 22.5. The van der Waals surface area contributed by atoms with Crippen LogP contribution in [0.15, 0.2) is 54.9 Å². The second-order valence-electron chi connectivity index (χ2n) is 8.72. The maximum Gasteiger partial charge on any atom is 0.262 e. The second kappa shape index (κ2) is 7.67. The van der Waals surface area contributed by atoms with Crippen molar-refractivity contribution in [2.24, 2.45) is 0 Å². The normalized spacial score (nSPS) is 20.1. The van der Waals surface area contributed by atoms with Crippen molar-refractivity contribution in [1.29, 1.82) is 0 Å². The van der Waals surface area contributed by atoms with Crippen molar-refractivity contribution < 1.29 is 9.59 Å². The summed E-state index contributed by atoms with van der Waals surface area (Å²) in [6.07, 6.45) is 6.38. The molecule has 0 spiro atoms. The molecule has 3 aromatic rings. The first-order valence-electron chi connectivity index (χ1n) is 11.3. The number of anilines is 4. The number of aromatic nitrogens is 2. The van der Waals surface area contributed by atoms with E-state index in [1.54, 1.807) is 36.7 Å². The third kappa shape index (κ3) is 3.09. The average Bonchev–Trinajstić information content (AvgIpc) is 3.10. The maximum absolute atomic E-state index is 13.4. The van der Waals surface area contributed by atoms with Gasteiger partial charge in [0.15, 0.2) is 11.6 Å². The topological polar surface area (TPSA) is 90.5 Å². The van der Waals surface area contributed by atoms with E-state index in [-0.39, 0.29) is 17.9 Å². The highest BCUT2D eigenvalue weighted by atomic mass is 16.2. The van der Waals surface area contributed by atoms with E-state index in [9.17, 15) is 9.59 Å². The van der Waals surface area contributed by atoms with Crippen LogP contribution < -0.4 is 15.5 Å². The van der Waals surface area contributed by atoms with Crippen molar-refractivity contribution in [3.8, 4) is 0 Å². The third-order valence-electron chi connectivity index (χ3n) is 6.81. The van der Waals surface area contributed by atoms with Crippen molar-refractivity contribution in [2.45, 2.75) is 31.3 Å². The van der Waals surface area contributed by atoms with E-state index in [1.165, 1.54) is 4.90 Å². The summed E-state index contributed by atoms with van der Waals surface area (Å²) < 4.78 is 0. The molecule has 8 heteroatoms. The number of nitrogens with one attached hydrogen (secondary N) is 2. The first kappa shape index (κ1) is 19.9. The Balaban J connectivity index is 1.44. The molecule has 1 aromatic heterocycles. The maximum atomic E-state index is 13.4. The van der Waals surface area contributed by atoms with Gasteiger partial charge in [-0.2, -0.15) is 0 Å². The van der Waals surface area contributed by atoms with Gasteiger partial charge < -0.3 is 15.5 Å². The van der Waals surface area contributed by atoms with Crippen LogP contribution in [0.3, 0.4) is 0 Å². The molecule has 2 aromatic carbocycles. The summed E-state index contributed by atoms with van der Waals surface area (Å²) in [7, 11) is 1.96. The number of rotatable bonds is 3. The molecule has 0 aliphatic carbocycles. The number of nitrogens with zero attached hydrogens (tertiary/aromatic N) is 4. The van der Waals surface area contributed by atoms with Gasteiger partial charge in [0, 0.05) is 25.5 Å². The van der Waals surface area contributed by atoms with Gasteiger partial charge >= 0.3 is 0 Å². The number of benzene rings is 2. The molecule has 8 nitrogen and oxygen atoms in total. The molecule has 3 aliphatic heterocycles. The van der Waals surface area contributed by atoms with Gasteiger partial charge in [0.1, 0.15) is 0 Å². The van der Waals surface area contributed by atoms with Gasteiger partial charge in [0.05, 0.1) is 28.5 Å². The van der Waals surface area contributed by atoms with Crippen molar-refractivity contribution >= 4 is 34.8 Å². The van der Waals surface area contributed by atoms with E-state index < -0.39 is 6.04 Å². The lowest BCUT2D eigenvalue weighted by molar-refractivity contribution is 0.0531. The van der Waals surface area contributed by atoms with Crippen molar-refractivity contribution in [3.05, 3.63) is 71.5 Å². The summed E-state index contributed by atoms with van der Waals surface area (Å²) in [5.41, 5.74) is 3.70. The van der Waals surface area contributed by atoms with E-state index in [1.807, 2.05) is 30.1 Å². The highest BCUT2D eigenvalue weighted by Crippen LogP contribution is 2.43. The Morgan fingerprint density at radius 3 is 2.48 bits per heavy atom. The van der Waals surface area contributed by atoms with Crippen LogP contribution in [0.4, 0.5) is 23.0 Å². The van der Waals surface area contributed by atoms with E-state index in [0.29, 0.717) is 16.9 Å². The fraction of sp³-hybridized carbons (Fsp3) is 0.280. The van der Waals surface area contributed by atoms with Crippen LogP contribution in [-0.2, 0) is 0 Å². The number of hydrogen-bond acceptors (Lipinski definition) is 7. The molecule has 0 bridgehead atoms. The van der Waals surface area contributed by atoms with Gasteiger partial charge in [-0.25, -0.2) is 9.97 Å². The number of carbonyl (C=O) groups is 2. The Hall–Kier alpha value is -3.78. The molecule has 2 atom stereocenters. The van der Waals surface area contributed by atoms with Gasteiger partial charge in [0.25, 0.3) is 11.8 Å². The van der Waals surface area contributed by atoms with Crippen LogP contribution in [0, 0.1) is 0 Å². The van der Waals surface area contributed by atoms with Crippen molar-refractivity contribution in [2.75, 3.05) is 23.8 Å². The molecule has 0 radical (unpaired) electrons. The Labute approximate surface area is 191 Å². The molecule has 166 valence electrons. The highest BCUT2D eigenvalue weighted by Gasteiger charge is 2.43.